The Morgan fingerprint density at radius 1 is 1.30 bits per heavy atom. The van der Waals surface area contributed by atoms with Crippen LogP contribution in [0.3, 0.4) is 0 Å². The van der Waals surface area contributed by atoms with Gasteiger partial charge in [-0.1, -0.05) is 19.1 Å². The van der Waals surface area contributed by atoms with Gasteiger partial charge in [0, 0.05) is 12.6 Å². The molecule has 1 fully saturated rings. The molecule has 1 aliphatic carbocycles. The third-order valence-electron chi connectivity index (χ3n) is 4.87. The van der Waals surface area contributed by atoms with Crippen LogP contribution in [0.25, 0.3) is 0 Å². The molecule has 2 aromatic rings. The lowest BCUT2D eigenvalue weighted by atomic mass is 9.93. The number of halogens is 1. The van der Waals surface area contributed by atoms with E-state index in [-0.39, 0.29) is 17.8 Å². The Hall–Kier alpha value is -1.68. The van der Waals surface area contributed by atoms with Crippen LogP contribution in [0, 0.1) is 5.82 Å². The molecule has 23 heavy (non-hydrogen) atoms. The van der Waals surface area contributed by atoms with Crippen LogP contribution < -0.4 is 0 Å². The first-order chi connectivity index (χ1) is 11.1. The molecule has 1 aromatic carbocycles. The van der Waals surface area contributed by atoms with Crippen molar-refractivity contribution in [1.29, 1.82) is 0 Å². The summed E-state index contributed by atoms with van der Waals surface area (Å²) in [7, 11) is 0. The normalized spacial score (nSPS) is 16.8. The molecule has 1 amide bonds. The minimum atomic E-state index is -0.437. The maximum absolute atomic E-state index is 13.3. The lowest BCUT2D eigenvalue weighted by Crippen LogP contribution is -2.43. The van der Waals surface area contributed by atoms with E-state index in [2.05, 4.69) is 25.3 Å². The molecule has 1 atom stereocenters. The van der Waals surface area contributed by atoms with Gasteiger partial charge in [-0.05, 0) is 66.3 Å². The molecule has 3 rings (SSSR count). The van der Waals surface area contributed by atoms with Crippen LogP contribution in [0.5, 0.6) is 0 Å². The van der Waals surface area contributed by atoms with Crippen molar-refractivity contribution >= 4 is 17.2 Å². The van der Waals surface area contributed by atoms with Gasteiger partial charge in [0.25, 0.3) is 0 Å². The van der Waals surface area contributed by atoms with Gasteiger partial charge in [0.05, 0.1) is 5.41 Å². The maximum atomic E-state index is 13.3. The summed E-state index contributed by atoms with van der Waals surface area (Å²) in [6.07, 6.45) is 2.64. The van der Waals surface area contributed by atoms with E-state index in [9.17, 15) is 9.18 Å². The molecule has 1 aromatic heterocycles. The van der Waals surface area contributed by atoms with E-state index in [1.807, 2.05) is 10.3 Å². The van der Waals surface area contributed by atoms with Crippen molar-refractivity contribution in [3.05, 3.63) is 58.0 Å². The van der Waals surface area contributed by atoms with Gasteiger partial charge in [-0.2, -0.15) is 11.3 Å². The van der Waals surface area contributed by atoms with Gasteiger partial charge >= 0.3 is 0 Å². The standard InChI is InChI=1S/C19H22FNOS/c1-3-14(2)21(12-15-8-11-23-13-15)18(22)19(9-10-19)16-4-6-17(20)7-5-16/h4-8,11,13-14H,3,9-10,12H2,1-2H3/t14-/m1/s1. The smallest absolute Gasteiger partial charge is 0.233 e. The number of nitrogens with zero attached hydrogens (tertiary/aromatic N) is 1. The highest BCUT2D eigenvalue weighted by Gasteiger charge is 2.53. The second-order valence-electron chi connectivity index (χ2n) is 6.41. The van der Waals surface area contributed by atoms with E-state index >= 15 is 0 Å². The van der Waals surface area contributed by atoms with Crippen molar-refractivity contribution in [1.82, 2.24) is 4.90 Å². The lowest BCUT2D eigenvalue weighted by molar-refractivity contribution is -0.136. The van der Waals surface area contributed by atoms with Crippen LogP contribution >= 0.6 is 11.3 Å². The summed E-state index contributed by atoms with van der Waals surface area (Å²) in [4.78, 5) is 15.3. The number of carbonyl (C=O) groups excluding carboxylic acids is 1. The second-order valence-corrected chi connectivity index (χ2v) is 7.19. The van der Waals surface area contributed by atoms with E-state index in [1.165, 1.54) is 17.7 Å². The molecular weight excluding hydrogens is 309 g/mol. The largest absolute Gasteiger partial charge is 0.335 e. The molecule has 0 N–H and O–H groups in total. The fourth-order valence-electron chi connectivity index (χ4n) is 3.02. The van der Waals surface area contributed by atoms with Crippen LogP contribution in [-0.2, 0) is 16.8 Å². The van der Waals surface area contributed by atoms with Crippen LogP contribution in [0.1, 0.15) is 44.2 Å². The molecule has 0 bridgehead atoms. The van der Waals surface area contributed by atoms with Gasteiger partial charge in [0.1, 0.15) is 5.82 Å². The Bertz CT molecular complexity index is 661. The first-order valence-electron chi connectivity index (χ1n) is 8.15. The van der Waals surface area contributed by atoms with Gasteiger partial charge in [0.2, 0.25) is 5.91 Å². The summed E-state index contributed by atoms with van der Waals surface area (Å²) in [6, 6.07) is 8.70. The van der Waals surface area contributed by atoms with Crippen molar-refractivity contribution < 1.29 is 9.18 Å². The molecule has 122 valence electrons. The molecule has 0 radical (unpaired) electrons. The fourth-order valence-corrected chi connectivity index (χ4v) is 3.68. The maximum Gasteiger partial charge on any atom is 0.233 e. The Labute approximate surface area is 140 Å². The molecular formula is C19H22FNOS. The Morgan fingerprint density at radius 2 is 2.00 bits per heavy atom. The highest BCUT2D eigenvalue weighted by Crippen LogP contribution is 2.50. The minimum absolute atomic E-state index is 0.185. The van der Waals surface area contributed by atoms with Crippen LogP contribution in [0.15, 0.2) is 41.1 Å². The fraction of sp³-hybridized carbons (Fsp3) is 0.421. The Balaban J connectivity index is 1.86. The van der Waals surface area contributed by atoms with Gasteiger partial charge in [-0.15, -0.1) is 0 Å². The summed E-state index contributed by atoms with van der Waals surface area (Å²) in [5, 5.41) is 4.14. The molecule has 0 unspecified atom stereocenters. The number of hydrogen-bond acceptors (Lipinski definition) is 2. The van der Waals surface area contributed by atoms with Crippen molar-refractivity contribution in [2.24, 2.45) is 0 Å². The van der Waals surface area contributed by atoms with E-state index in [0.29, 0.717) is 6.54 Å². The quantitative estimate of drug-likeness (QED) is 0.748. The number of thiophene rings is 1. The topological polar surface area (TPSA) is 20.3 Å². The van der Waals surface area contributed by atoms with Crippen molar-refractivity contribution in [2.75, 3.05) is 0 Å². The van der Waals surface area contributed by atoms with Crippen molar-refractivity contribution in [3.63, 3.8) is 0 Å². The van der Waals surface area contributed by atoms with Gasteiger partial charge in [0.15, 0.2) is 0 Å². The summed E-state index contributed by atoms with van der Waals surface area (Å²) in [5.41, 5.74) is 1.69. The molecule has 4 heteroatoms. The first kappa shape index (κ1) is 16.2. The van der Waals surface area contributed by atoms with Crippen LogP contribution in [0.4, 0.5) is 4.39 Å². The molecule has 1 heterocycles. The number of rotatable bonds is 6. The molecule has 0 saturated heterocycles. The van der Waals surface area contributed by atoms with Crippen molar-refractivity contribution in [2.45, 2.75) is 51.1 Å². The summed E-state index contributed by atoms with van der Waals surface area (Å²) >= 11 is 1.65. The first-order valence-corrected chi connectivity index (χ1v) is 9.09. The number of hydrogen-bond donors (Lipinski definition) is 0. The number of carbonyl (C=O) groups is 1. The van der Waals surface area contributed by atoms with Crippen LogP contribution in [0.2, 0.25) is 0 Å². The monoisotopic (exact) mass is 331 g/mol. The summed E-state index contributed by atoms with van der Waals surface area (Å²) in [5.74, 6) is -0.0706. The third kappa shape index (κ3) is 3.18. The molecule has 1 aliphatic rings. The predicted molar refractivity (Wildman–Crippen MR) is 91.9 cm³/mol. The predicted octanol–water partition coefficient (Wildman–Crippen LogP) is 4.75. The SMILES string of the molecule is CC[C@@H](C)N(Cc1ccsc1)C(=O)C1(c2ccc(F)cc2)CC1. The Morgan fingerprint density at radius 3 is 2.52 bits per heavy atom. The zero-order valence-electron chi connectivity index (χ0n) is 13.6. The third-order valence-corrected chi connectivity index (χ3v) is 5.61. The highest BCUT2D eigenvalue weighted by molar-refractivity contribution is 7.07. The number of amides is 1. The second kappa shape index (κ2) is 6.44. The van der Waals surface area contributed by atoms with Gasteiger partial charge in [-0.25, -0.2) is 4.39 Å². The van der Waals surface area contributed by atoms with E-state index in [0.717, 1.165) is 24.8 Å². The molecule has 1 saturated carbocycles. The lowest BCUT2D eigenvalue weighted by Gasteiger charge is -2.32. The zero-order valence-corrected chi connectivity index (χ0v) is 14.4. The molecule has 0 spiro atoms. The molecule has 2 nitrogen and oxygen atoms in total. The zero-order chi connectivity index (χ0) is 16.4. The number of benzene rings is 1. The summed E-state index contributed by atoms with van der Waals surface area (Å²) < 4.78 is 13.2. The van der Waals surface area contributed by atoms with Gasteiger partial charge < -0.3 is 4.90 Å². The Kier molecular flexibility index (Phi) is 4.53. The minimum Gasteiger partial charge on any atom is -0.335 e. The van der Waals surface area contributed by atoms with E-state index in [4.69, 9.17) is 0 Å². The summed E-state index contributed by atoms with van der Waals surface area (Å²) in [6.45, 7) is 4.86. The molecule has 0 aliphatic heterocycles. The van der Waals surface area contributed by atoms with E-state index in [1.54, 1.807) is 23.5 Å². The highest BCUT2D eigenvalue weighted by atomic mass is 32.1. The van der Waals surface area contributed by atoms with Crippen molar-refractivity contribution in [3.8, 4) is 0 Å². The van der Waals surface area contributed by atoms with E-state index < -0.39 is 5.41 Å². The average Bonchev–Trinajstić information content (AvgIpc) is 3.21. The van der Waals surface area contributed by atoms with Gasteiger partial charge in [-0.3, -0.25) is 4.79 Å². The average molecular weight is 331 g/mol. The van der Waals surface area contributed by atoms with Crippen LogP contribution in [-0.4, -0.2) is 16.8 Å².